The Morgan fingerprint density at radius 3 is 2.72 bits per heavy atom. The second kappa shape index (κ2) is 6.72. The molecule has 1 aliphatic carbocycles. The molecule has 18 heavy (non-hydrogen) atoms. The molecule has 0 aromatic carbocycles. The molecule has 2 heteroatoms. The van der Waals surface area contributed by atoms with Crippen molar-refractivity contribution in [3.05, 3.63) is 22.4 Å². The van der Waals surface area contributed by atoms with Gasteiger partial charge in [0.1, 0.15) is 0 Å². The first-order chi connectivity index (χ1) is 8.78. The molecule has 1 heterocycles. The predicted molar refractivity (Wildman–Crippen MR) is 81.0 cm³/mol. The fourth-order valence-corrected chi connectivity index (χ4v) is 4.10. The molecule has 1 saturated carbocycles. The number of thiophene rings is 1. The highest BCUT2D eigenvalue weighted by molar-refractivity contribution is 7.09. The van der Waals surface area contributed by atoms with Gasteiger partial charge in [0.2, 0.25) is 0 Å². The van der Waals surface area contributed by atoms with E-state index in [1.165, 1.54) is 56.2 Å². The molecule has 1 nitrogen and oxygen atoms in total. The molecule has 102 valence electrons. The third kappa shape index (κ3) is 3.58. The van der Waals surface area contributed by atoms with Crippen molar-refractivity contribution in [1.29, 1.82) is 0 Å². The van der Waals surface area contributed by atoms with E-state index in [9.17, 15) is 0 Å². The normalized spacial score (nSPS) is 28.4. The highest BCUT2D eigenvalue weighted by atomic mass is 32.1. The Hall–Kier alpha value is -0.340. The molecular formula is C16H27NS. The number of hydrogen-bond acceptors (Lipinski definition) is 2. The SMILES string of the molecule is CCCC1CCC(CN)(CCc2cccs2)CC1. The minimum absolute atomic E-state index is 0.453. The molecule has 2 N–H and O–H groups in total. The van der Waals surface area contributed by atoms with Crippen LogP contribution in [-0.4, -0.2) is 6.54 Å². The summed E-state index contributed by atoms with van der Waals surface area (Å²) in [6.07, 6.45) is 10.8. The van der Waals surface area contributed by atoms with Crippen LogP contribution in [0.25, 0.3) is 0 Å². The van der Waals surface area contributed by atoms with Crippen LogP contribution in [0.4, 0.5) is 0 Å². The Morgan fingerprint density at radius 2 is 2.17 bits per heavy atom. The van der Waals surface area contributed by atoms with Crippen molar-refractivity contribution in [2.75, 3.05) is 6.54 Å². The Labute approximate surface area is 116 Å². The summed E-state index contributed by atoms with van der Waals surface area (Å²) in [5.74, 6) is 0.983. The molecule has 0 amide bonds. The summed E-state index contributed by atoms with van der Waals surface area (Å²) >= 11 is 1.89. The summed E-state index contributed by atoms with van der Waals surface area (Å²) in [5.41, 5.74) is 6.55. The number of rotatable bonds is 6. The van der Waals surface area contributed by atoms with Crippen molar-refractivity contribution >= 4 is 11.3 Å². The maximum absolute atomic E-state index is 6.10. The molecule has 0 bridgehead atoms. The van der Waals surface area contributed by atoms with Crippen molar-refractivity contribution in [1.82, 2.24) is 0 Å². The minimum Gasteiger partial charge on any atom is -0.330 e. The third-order valence-corrected chi connectivity index (χ3v) is 5.71. The van der Waals surface area contributed by atoms with E-state index in [0.29, 0.717) is 5.41 Å². The average Bonchev–Trinajstić information content (AvgIpc) is 2.92. The molecule has 1 aromatic rings. The summed E-state index contributed by atoms with van der Waals surface area (Å²) in [7, 11) is 0. The van der Waals surface area contributed by atoms with E-state index < -0.39 is 0 Å². The van der Waals surface area contributed by atoms with Gasteiger partial charge in [0.25, 0.3) is 0 Å². The Kier molecular flexibility index (Phi) is 5.25. The molecule has 0 spiro atoms. The Bertz CT molecular complexity index is 323. The van der Waals surface area contributed by atoms with E-state index >= 15 is 0 Å². The average molecular weight is 265 g/mol. The molecule has 1 aromatic heterocycles. The lowest BCUT2D eigenvalue weighted by atomic mass is 9.67. The number of nitrogens with two attached hydrogens (primary N) is 1. The Balaban J connectivity index is 1.84. The van der Waals surface area contributed by atoms with Crippen LogP contribution in [-0.2, 0) is 6.42 Å². The summed E-state index contributed by atoms with van der Waals surface area (Å²) in [6.45, 7) is 3.19. The first-order valence-corrected chi connectivity index (χ1v) is 8.38. The van der Waals surface area contributed by atoms with E-state index in [1.54, 1.807) is 0 Å². The lowest BCUT2D eigenvalue weighted by molar-refractivity contribution is 0.140. The zero-order valence-corrected chi connectivity index (χ0v) is 12.5. The highest BCUT2D eigenvalue weighted by Gasteiger charge is 2.33. The van der Waals surface area contributed by atoms with Gasteiger partial charge >= 0.3 is 0 Å². The first kappa shape index (κ1) is 14.1. The predicted octanol–water partition coefficient (Wildman–Crippen LogP) is 4.62. The van der Waals surface area contributed by atoms with Crippen molar-refractivity contribution in [2.24, 2.45) is 17.1 Å². The zero-order chi connectivity index (χ0) is 12.8. The molecule has 0 radical (unpaired) electrons. The number of hydrogen-bond donors (Lipinski definition) is 1. The summed E-state index contributed by atoms with van der Waals surface area (Å²) in [6, 6.07) is 4.42. The first-order valence-electron chi connectivity index (χ1n) is 7.50. The lowest BCUT2D eigenvalue weighted by Gasteiger charge is -2.39. The van der Waals surface area contributed by atoms with Crippen LogP contribution in [0.15, 0.2) is 17.5 Å². The second-order valence-corrected chi connectivity index (χ2v) is 7.05. The summed E-state index contributed by atoms with van der Waals surface area (Å²) in [4.78, 5) is 1.53. The van der Waals surface area contributed by atoms with Crippen molar-refractivity contribution < 1.29 is 0 Å². The van der Waals surface area contributed by atoms with E-state index in [-0.39, 0.29) is 0 Å². The fraction of sp³-hybridized carbons (Fsp3) is 0.750. The fourth-order valence-electron chi connectivity index (χ4n) is 3.39. The van der Waals surface area contributed by atoms with Crippen LogP contribution < -0.4 is 5.73 Å². The van der Waals surface area contributed by atoms with Gasteiger partial charge in [-0.05, 0) is 67.8 Å². The third-order valence-electron chi connectivity index (χ3n) is 4.78. The Morgan fingerprint density at radius 1 is 1.39 bits per heavy atom. The van der Waals surface area contributed by atoms with Gasteiger partial charge in [0, 0.05) is 4.88 Å². The van der Waals surface area contributed by atoms with Crippen molar-refractivity contribution in [2.45, 2.75) is 58.3 Å². The van der Waals surface area contributed by atoms with Gasteiger partial charge in [-0.2, -0.15) is 0 Å². The molecule has 0 atom stereocenters. The zero-order valence-electron chi connectivity index (χ0n) is 11.7. The van der Waals surface area contributed by atoms with Gasteiger partial charge in [0.15, 0.2) is 0 Å². The van der Waals surface area contributed by atoms with Gasteiger partial charge in [-0.25, -0.2) is 0 Å². The minimum atomic E-state index is 0.453. The van der Waals surface area contributed by atoms with Crippen LogP contribution >= 0.6 is 11.3 Å². The van der Waals surface area contributed by atoms with Crippen molar-refractivity contribution in [3.63, 3.8) is 0 Å². The standard InChI is InChI=1S/C16H27NS/c1-2-4-14-6-9-16(13-17,10-7-14)11-8-15-5-3-12-18-15/h3,5,12,14H,2,4,6-11,13,17H2,1H3. The van der Waals surface area contributed by atoms with Gasteiger partial charge in [0.05, 0.1) is 0 Å². The van der Waals surface area contributed by atoms with Crippen LogP contribution in [0.2, 0.25) is 0 Å². The molecule has 0 aliphatic heterocycles. The van der Waals surface area contributed by atoms with Gasteiger partial charge in [-0.15, -0.1) is 11.3 Å². The molecule has 0 saturated heterocycles. The van der Waals surface area contributed by atoms with Crippen LogP contribution in [0, 0.1) is 11.3 Å². The maximum atomic E-state index is 6.10. The number of aryl methyl sites for hydroxylation is 1. The van der Waals surface area contributed by atoms with E-state index in [0.717, 1.165) is 12.5 Å². The monoisotopic (exact) mass is 265 g/mol. The molecular weight excluding hydrogens is 238 g/mol. The molecule has 2 rings (SSSR count). The van der Waals surface area contributed by atoms with Gasteiger partial charge in [-0.3, -0.25) is 0 Å². The van der Waals surface area contributed by atoms with Crippen LogP contribution in [0.5, 0.6) is 0 Å². The van der Waals surface area contributed by atoms with E-state index in [4.69, 9.17) is 5.73 Å². The molecule has 1 aliphatic rings. The topological polar surface area (TPSA) is 26.0 Å². The van der Waals surface area contributed by atoms with Gasteiger partial charge < -0.3 is 5.73 Å². The summed E-state index contributed by atoms with van der Waals surface area (Å²) in [5, 5.41) is 2.18. The highest BCUT2D eigenvalue weighted by Crippen LogP contribution is 2.43. The quantitative estimate of drug-likeness (QED) is 0.798. The lowest BCUT2D eigenvalue weighted by Crippen LogP contribution is -2.35. The van der Waals surface area contributed by atoms with Crippen LogP contribution in [0.1, 0.15) is 56.7 Å². The van der Waals surface area contributed by atoms with E-state index in [2.05, 4.69) is 24.4 Å². The maximum Gasteiger partial charge on any atom is 0.00454 e. The summed E-state index contributed by atoms with van der Waals surface area (Å²) < 4.78 is 0. The second-order valence-electron chi connectivity index (χ2n) is 6.02. The molecule has 1 fully saturated rings. The van der Waals surface area contributed by atoms with Crippen molar-refractivity contribution in [3.8, 4) is 0 Å². The van der Waals surface area contributed by atoms with Gasteiger partial charge in [-0.1, -0.05) is 25.8 Å². The van der Waals surface area contributed by atoms with Crippen LogP contribution in [0.3, 0.4) is 0 Å². The molecule has 0 unspecified atom stereocenters. The smallest absolute Gasteiger partial charge is 0.00454 e. The van der Waals surface area contributed by atoms with E-state index in [1.807, 2.05) is 11.3 Å². The largest absolute Gasteiger partial charge is 0.330 e.